The van der Waals surface area contributed by atoms with Gasteiger partial charge in [-0.05, 0) is 19.8 Å². The van der Waals surface area contributed by atoms with Crippen molar-refractivity contribution in [2.45, 2.75) is 25.8 Å². The van der Waals surface area contributed by atoms with Crippen LogP contribution in [0.2, 0.25) is 0 Å². The Bertz CT molecular complexity index is 874. The van der Waals surface area contributed by atoms with Gasteiger partial charge in [-0.2, -0.15) is 5.10 Å². The summed E-state index contributed by atoms with van der Waals surface area (Å²) in [6.45, 7) is 2.53. The lowest BCUT2D eigenvalue weighted by Crippen LogP contribution is -2.31. The van der Waals surface area contributed by atoms with Gasteiger partial charge in [-0.25, -0.2) is 9.97 Å². The van der Waals surface area contributed by atoms with Crippen LogP contribution in [0, 0.1) is 6.92 Å². The molecule has 0 bridgehead atoms. The van der Waals surface area contributed by atoms with Gasteiger partial charge in [0.2, 0.25) is 0 Å². The summed E-state index contributed by atoms with van der Waals surface area (Å²) in [6, 6.07) is 9.68. The van der Waals surface area contributed by atoms with Crippen molar-refractivity contribution in [1.82, 2.24) is 30.0 Å². The number of aromatic nitrogens is 5. The summed E-state index contributed by atoms with van der Waals surface area (Å²) in [5.41, 5.74) is 2.10. The van der Waals surface area contributed by atoms with Gasteiger partial charge in [0.25, 0.3) is 5.91 Å². The van der Waals surface area contributed by atoms with E-state index in [9.17, 15) is 4.79 Å². The summed E-state index contributed by atoms with van der Waals surface area (Å²) in [5, 5.41) is 7.31. The number of carbonyl (C=O) groups is 1. The Morgan fingerprint density at radius 1 is 1.20 bits per heavy atom. The van der Waals surface area contributed by atoms with Crippen molar-refractivity contribution in [2.75, 3.05) is 6.54 Å². The van der Waals surface area contributed by atoms with Crippen LogP contribution in [-0.4, -0.2) is 42.5 Å². The second kappa shape index (κ2) is 6.43. The van der Waals surface area contributed by atoms with Crippen molar-refractivity contribution in [3.05, 3.63) is 59.9 Å². The summed E-state index contributed by atoms with van der Waals surface area (Å²) < 4.78 is 0. The number of amides is 1. The van der Waals surface area contributed by atoms with Crippen molar-refractivity contribution in [3.8, 4) is 11.4 Å². The first kappa shape index (κ1) is 15.4. The van der Waals surface area contributed by atoms with Gasteiger partial charge in [-0.15, -0.1) is 0 Å². The second-order valence-corrected chi connectivity index (χ2v) is 6.11. The van der Waals surface area contributed by atoms with Gasteiger partial charge >= 0.3 is 0 Å². The summed E-state index contributed by atoms with van der Waals surface area (Å²) in [7, 11) is 0. The number of benzene rings is 1. The van der Waals surface area contributed by atoms with E-state index in [0.717, 1.165) is 24.1 Å². The molecule has 0 aliphatic carbocycles. The van der Waals surface area contributed by atoms with E-state index in [2.05, 4.69) is 25.1 Å². The molecule has 1 aliphatic rings. The predicted molar refractivity (Wildman–Crippen MR) is 91.6 cm³/mol. The number of nitrogens with one attached hydrogen (secondary N) is 1. The van der Waals surface area contributed by atoms with Gasteiger partial charge in [-0.1, -0.05) is 30.3 Å². The molecule has 1 N–H and O–H groups in total. The summed E-state index contributed by atoms with van der Waals surface area (Å²) in [6.07, 6.45) is 4.93. The average Bonchev–Trinajstić information content (AvgIpc) is 3.32. The number of aryl methyl sites for hydroxylation is 1. The molecule has 0 radical (unpaired) electrons. The molecule has 1 fully saturated rings. The molecule has 0 saturated carbocycles. The maximum absolute atomic E-state index is 12.8. The number of carbonyl (C=O) groups excluding carboxylic acids is 1. The fraction of sp³-hybridized carbons (Fsp3) is 0.278. The van der Waals surface area contributed by atoms with Crippen molar-refractivity contribution in [1.29, 1.82) is 0 Å². The highest BCUT2D eigenvalue weighted by molar-refractivity contribution is 5.92. The van der Waals surface area contributed by atoms with Crippen LogP contribution >= 0.6 is 0 Å². The molecule has 2 aromatic heterocycles. The Hall–Kier alpha value is -3.09. The number of hydrogen-bond acceptors (Lipinski definition) is 5. The zero-order valence-corrected chi connectivity index (χ0v) is 13.9. The van der Waals surface area contributed by atoms with Crippen LogP contribution in [0.3, 0.4) is 0 Å². The van der Waals surface area contributed by atoms with E-state index >= 15 is 0 Å². The molecular formula is C18H18N6O. The first-order valence-corrected chi connectivity index (χ1v) is 8.30. The highest BCUT2D eigenvalue weighted by Crippen LogP contribution is 2.31. The molecule has 1 aliphatic heterocycles. The number of H-pyrrole nitrogens is 1. The molecule has 126 valence electrons. The fourth-order valence-corrected chi connectivity index (χ4v) is 3.08. The molecule has 1 saturated heterocycles. The molecule has 0 unspecified atom stereocenters. The SMILES string of the molecule is Cc1cnc(C(=O)N2CCC[C@H]2c2nc(-c3ccccc3)n[nH]2)cn1. The quantitative estimate of drug-likeness (QED) is 0.795. The lowest BCUT2D eigenvalue weighted by atomic mass is 10.2. The average molecular weight is 334 g/mol. The first-order valence-electron chi connectivity index (χ1n) is 8.30. The van der Waals surface area contributed by atoms with Crippen LogP contribution in [0.5, 0.6) is 0 Å². The van der Waals surface area contributed by atoms with Gasteiger partial charge in [-0.3, -0.25) is 14.9 Å². The fourth-order valence-electron chi connectivity index (χ4n) is 3.08. The second-order valence-electron chi connectivity index (χ2n) is 6.11. The normalized spacial score (nSPS) is 17.0. The van der Waals surface area contributed by atoms with Crippen LogP contribution in [-0.2, 0) is 0 Å². The molecule has 3 aromatic rings. The van der Waals surface area contributed by atoms with E-state index in [0.29, 0.717) is 23.9 Å². The lowest BCUT2D eigenvalue weighted by Gasteiger charge is -2.22. The number of rotatable bonds is 3. The minimum atomic E-state index is -0.118. The van der Waals surface area contributed by atoms with Crippen LogP contribution in [0.4, 0.5) is 0 Å². The minimum absolute atomic E-state index is 0.111. The zero-order valence-electron chi connectivity index (χ0n) is 13.9. The Labute approximate surface area is 145 Å². The summed E-state index contributed by atoms with van der Waals surface area (Å²) >= 11 is 0. The maximum Gasteiger partial charge on any atom is 0.274 e. The standard InChI is InChI=1S/C18H18N6O/c1-12-10-20-14(11-19-12)18(25)24-9-5-8-15(24)17-21-16(22-23-17)13-6-3-2-4-7-13/h2-4,6-7,10-11,15H,5,8-9H2,1H3,(H,21,22,23)/t15-/m0/s1. The number of likely N-dealkylation sites (tertiary alicyclic amines) is 1. The van der Waals surface area contributed by atoms with Gasteiger partial charge in [0, 0.05) is 18.3 Å². The van der Waals surface area contributed by atoms with E-state index in [1.165, 1.54) is 6.20 Å². The highest BCUT2D eigenvalue weighted by Gasteiger charge is 2.33. The van der Waals surface area contributed by atoms with E-state index in [1.54, 1.807) is 11.1 Å². The van der Waals surface area contributed by atoms with E-state index < -0.39 is 0 Å². The Morgan fingerprint density at radius 2 is 2.04 bits per heavy atom. The molecule has 25 heavy (non-hydrogen) atoms. The zero-order chi connectivity index (χ0) is 17.2. The minimum Gasteiger partial charge on any atom is -0.327 e. The Balaban J connectivity index is 1.58. The van der Waals surface area contributed by atoms with Crippen LogP contribution in [0.15, 0.2) is 42.7 Å². The molecule has 3 heterocycles. The van der Waals surface area contributed by atoms with Gasteiger partial charge < -0.3 is 4.90 Å². The molecule has 1 atom stereocenters. The van der Waals surface area contributed by atoms with E-state index in [-0.39, 0.29) is 11.9 Å². The highest BCUT2D eigenvalue weighted by atomic mass is 16.2. The number of nitrogens with zero attached hydrogens (tertiary/aromatic N) is 5. The third-order valence-electron chi connectivity index (χ3n) is 4.36. The van der Waals surface area contributed by atoms with Gasteiger partial charge in [0.15, 0.2) is 5.82 Å². The molecular weight excluding hydrogens is 316 g/mol. The van der Waals surface area contributed by atoms with Crippen molar-refractivity contribution < 1.29 is 4.79 Å². The first-order chi connectivity index (χ1) is 12.2. The topological polar surface area (TPSA) is 87.7 Å². The largest absolute Gasteiger partial charge is 0.327 e. The van der Waals surface area contributed by atoms with Crippen molar-refractivity contribution in [3.63, 3.8) is 0 Å². The molecule has 7 heteroatoms. The smallest absolute Gasteiger partial charge is 0.274 e. The van der Waals surface area contributed by atoms with Gasteiger partial charge in [0.1, 0.15) is 11.5 Å². The van der Waals surface area contributed by atoms with E-state index in [1.807, 2.05) is 37.3 Å². The molecule has 7 nitrogen and oxygen atoms in total. The van der Waals surface area contributed by atoms with Crippen LogP contribution in [0.25, 0.3) is 11.4 Å². The van der Waals surface area contributed by atoms with E-state index in [4.69, 9.17) is 0 Å². The number of hydrogen-bond donors (Lipinski definition) is 1. The molecule has 1 aromatic carbocycles. The monoisotopic (exact) mass is 334 g/mol. The summed E-state index contributed by atoms with van der Waals surface area (Å²) in [4.78, 5) is 27.6. The lowest BCUT2D eigenvalue weighted by molar-refractivity contribution is 0.0723. The summed E-state index contributed by atoms with van der Waals surface area (Å²) in [5.74, 6) is 1.24. The molecule has 4 rings (SSSR count). The Kier molecular flexibility index (Phi) is 3.97. The number of aromatic amines is 1. The third kappa shape index (κ3) is 3.00. The van der Waals surface area contributed by atoms with Crippen molar-refractivity contribution in [2.24, 2.45) is 0 Å². The van der Waals surface area contributed by atoms with Crippen LogP contribution in [0.1, 0.15) is 40.9 Å². The Morgan fingerprint density at radius 3 is 2.80 bits per heavy atom. The van der Waals surface area contributed by atoms with Crippen LogP contribution < -0.4 is 0 Å². The maximum atomic E-state index is 12.8. The molecule has 1 amide bonds. The predicted octanol–water partition coefficient (Wildman–Crippen LogP) is 2.55. The third-order valence-corrected chi connectivity index (χ3v) is 4.36. The van der Waals surface area contributed by atoms with Crippen molar-refractivity contribution >= 4 is 5.91 Å². The molecule has 0 spiro atoms. The van der Waals surface area contributed by atoms with Gasteiger partial charge in [0.05, 0.1) is 17.9 Å².